The molecule has 0 radical (unpaired) electrons. The molecule has 0 atom stereocenters. The van der Waals surface area contributed by atoms with Gasteiger partial charge in [-0.2, -0.15) is 9.89 Å². The first-order valence-corrected chi connectivity index (χ1v) is 4.47. The molecule has 2 aromatic rings. The number of aliphatic hydroxyl groups excluding tert-OH is 1. The van der Waals surface area contributed by atoms with Crippen molar-refractivity contribution in [2.24, 2.45) is 0 Å². The molecule has 6 heteroatoms. The summed E-state index contributed by atoms with van der Waals surface area (Å²) in [5, 5.41) is 31.9. The molecular weight excluding hydrogens is 198 g/mol. The van der Waals surface area contributed by atoms with Crippen LogP contribution < -0.4 is 5.43 Å². The van der Waals surface area contributed by atoms with Gasteiger partial charge < -0.3 is 20.7 Å². The van der Waals surface area contributed by atoms with Gasteiger partial charge in [-0.15, -0.1) is 0 Å². The van der Waals surface area contributed by atoms with E-state index < -0.39 is 0 Å². The molecule has 1 aromatic carbocycles. The van der Waals surface area contributed by atoms with Gasteiger partial charge in [0, 0.05) is 11.5 Å². The average molecular weight is 209 g/mol. The summed E-state index contributed by atoms with van der Waals surface area (Å²) in [4.78, 5) is 1.44. The minimum absolute atomic E-state index is 0.00851. The Morgan fingerprint density at radius 2 is 2.00 bits per heavy atom. The zero-order valence-electron chi connectivity index (χ0n) is 7.88. The van der Waals surface area contributed by atoms with Gasteiger partial charge in [0.25, 0.3) is 0 Å². The lowest BCUT2D eigenvalue weighted by molar-refractivity contribution is 0.306. The summed E-state index contributed by atoms with van der Waals surface area (Å²) in [6.45, 7) is 0.351. The molecule has 4 N–H and O–H groups in total. The highest BCUT2D eigenvalue weighted by Crippen LogP contribution is 2.29. The van der Waals surface area contributed by atoms with Crippen LogP contribution in [0.5, 0.6) is 11.5 Å². The summed E-state index contributed by atoms with van der Waals surface area (Å²) in [6, 6.07) is 2.83. The summed E-state index contributed by atoms with van der Waals surface area (Å²) in [5.74, 6) is -0.376. The van der Waals surface area contributed by atoms with Crippen LogP contribution in [0.15, 0.2) is 18.3 Å². The predicted octanol–water partition coefficient (Wildman–Crippen LogP) is -0.0167. The van der Waals surface area contributed by atoms with Gasteiger partial charge >= 0.3 is 0 Å². The standard InChI is InChI=1S/C9H11N3O3/c13-2-1-10-12-7-4-9(15)8(14)3-6(7)5-11-12/h3-5,10,13-15H,1-2H2. The number of aromatic hydroxyl groups is 2. The number of hydrogen-bond acceptors (Lipinski definition) is 5. The average Bonchev–Trinajstić information content (AvgIpc) is 2.59. The molecule has 15 heavy (non-hydrogen) atoms. The van der Waals surface area contributed by atoms with Gasteiger partial charge in [-0.3, -0.25) is 0 Å². The fourth-order valence-electron chi connectivity index (χ4n) is 1.33. The van der Waals surface area contributed by atoms with E-state index in [1.807, 2.05) is 0 Å². The molecule has 1 aromatic heterocycles. The summed E-state index contributed by atoms with van der Waals surface area (Å²) >= 11 is 0. The molecule has 0 unspecified atom stereocenters. The van der Waals surface area contributed by atoms with Crippen LogP contribution in [0.3, 0.4) is 0 Å². The molecule has 80 valence electrons. The molecule has 6 nitrogen and oxygen atoms in total. The van der Waals surface area contributed by atoms with Gasteiger partial charge in [0.2, 0.25) is 0 Å². The molecule has 0 spiro atoms. The molecule has 0 aliphatic heterocycles. The van der Waals surface area contributed by atoms with E-state index in [4.69, 9.17) is 5.11 Å². The number of hydrogen-bond donors (Lipinski definition) is 4. The van der Waals surface area contributed by atoms with Crippen molar-refractivity contribution in [1.82, 2.24) is 9.89 Å². The van der Waals surface area contributed by atoms with Crippen molar-refractivity contribution < 1.29 is 15.3 Å². The van der Waals surface area contributed by atoms with E-state index >= 15 is 0 Å². The lowest BCUT2D eigenvalue weighted by Crippen LogP contribution is -2.19. The van der Waals surface area contributed by atoms with Crippen molar-refractivity contribution in [3.8, 4) is 11.5 Å². The Balaban J connectivity index is 2.45. The second-order valence-corrected chi connectivity index (χ2v) is 3.09. The fourth-order valence-corrected chi connectivity index (χ4v) is 1.33. The monoisotopic (exact) mass is 209 g/mol. The molecular formula is C9H11N3O3. The van der Waals surface area contributed by atoms with Gasteiger partial charge in [0.15, 0.2) is 11.5 Å². The Kier molecular flexibility index (Phi) is 2.34. The van der Waals surface area contributed by atoms with Crippen LogP contribution in [0, 0.1) is 0 Å². The van der Waals surface area contributed by atoms with E-state index in [1.54, 1.807) is 6.20 Å². The lowest BCUT2D eigenvalue weighted by Gasteiger charge is -2.05. The van der Waals surface area contributed by atoms with Crippen molar-refractivity contribution >= 4 is 10.9 Å². The van der Waals surface area contributed by atoms with Crippen LogP contribution in [-0.4, -0.2) is 38.4 Å². The van der Waals surface area contributed by atoms with Crippen LogP contribution in [0.25, 0.3) is 10.9 Å². The molecule has 0 bridgehead atoms. The maximum atomic E-state index is 9.32. The second-order valence-electron chi connectivity index (χ2n) is 3.09. The summed E-state index contributed by atoms with van der Waals surface area (Å²) < 4.78 is 0. The van der Waals surface area contributed by atoms with Crippen LogP contribution in [-0.2, 0) is 0 Å². The first-order valence-electron chi connectivity index (χ1n) is 4.47. The minimum Gasteiger partial charge on any atom is -0.504 e. The lowest BCUT2D eigenvalue weighted by atomic mass is 10.2. The number of nitrogens with one attached hydrogen (secondary N) is 1. The Morgan fingerprint density at radius 1 is 1.27 bits per heavy atom. The van der Waals surface area contributed by atoms with E-state index in [1.165, 1.54) is 16.9 Å². The highest BCUT2D eigenvalue weighted by atomic mass is 16.3. The van der Waals surface area contributed by atoms with Crippen molar-refractivity contribution in [2.45, 2.75) is 0 Å². The molecule has 0 amide bonds. The fraction of sp³-hybridized carbons (Fsp3) is 0.222. The molecule has 0 saturated heterocycles. The smallest absolute Gasteiger partial charge is 0.159 e. The maximum absolute atomic E-state index is 9.32. The number of nitrogens with zero attached hydrogens (tertiary/aromatic N) is 2. The molecule has 0 fully saturated rings. The molecule has 1 heterocycles. The molecule has 2 rings (SSSR count). The predicted molar refractivity (Wildman–Crippen MR) is 54.4 cm³/mol. The van der Waals surface area contributed by atoms with E-state index in [0.717, 1.165) is 0 Å². The third-order valence-electron chi connectivity index (χ3n) is 2.04. The first kappa shape index (κ1) is 9.60. The first-order chi connectivity index (χ1) is 7.22. The number of rotatable bonds is 3. The Morgan fingerprint density at radius 3 is 2.73 bits per heavy atom. The minimum atomic E-state index is -0.199. The SMILES string of the molecule is OCCNn1ncc2cc(O)c(O)cc21. The third-order valence-corrected chi connectivity index (χ3v) is 2.04. The van der Waals surface area contributed by atoms with E-state index in [9.17, 15) is 10.2 Å². The van der Waals surface area contributed by atoms with Gasteiger partial charge in [-0.1, -0.05) is 0 Å². The van der Waals surface area contributed by atoms with Crippen LogP contribution in [0.1, 0.15) is 0 Å². The Labute approximate surface area is 85.4 Å². The largest absolute Gasteiger partial charge is 0.504 e. The quantitative estimate of drug-likeness (QED) is 0.533. The topological polar surface area (TPSA) is 90.5 Å². The van der Waals surface area contributed by atoms with E-state index in [-0.39, 0.29) is 18.1 Å². The van der Waals surface area contributed by atoms with Gasteiger partial charge in [0.05, 0.1) is 24.9 Å². The van der Waals surface area contributed by atoms with Gasteiger partial charge in [-0.05, 0) is 6.07 Å². The third kappa shape index (κ3) is 1.66. The van der Waals surface area contributed by atoms with Crippen LogP contribution in [0.2, 0.25) is 0 Å². The number of benzene rings is 1. The number of aromatic nitrogens is 2. The Bertz CT molecular complexity index is 481. The number of fused-ring (bicyclic) bond motifs is 1. The van der Waals surface area contributed by atoms with Crippen molar-refractivity contribution in [2.75, 3.05) is 18.6 Å². The molecule has 0 saturated carbocycles. The summed E-state index contributed by atoms with van der Waals surface area (Å²) in [7, 11) is 0. The van der Waals surface area contributed by atoms with Crippen LogP contribution in [0.4, 0.5) is 0 Å². The normalized spacial score (nSPS) is 10.7. The maximum Gasteiger partial charge on any atom is 0.159 e. The van der Waals surface area contributed by atoms with Crippen molar-refractivity contribution in [1.29, 1.82) is 0 Å². The van der Waals surface area contributed by atoms with Crippen molar-refractivity contribution in [3.63, 3.8) is 0 Å². The highest BCUT2D eigenvalue weighted by molar-refractivity contribution is 5.82. The molecule has 0 aliphatic carbocycles. The van der Waals surface area contributed by atoms with E-state index in [2.05, 4.69) is 10.5 Å². The summed E-state index contributed by atoms with van der Waals surface area (Å²) in [6.07, 6.45) is 1.55. The van der Waals surface area contributed by atoms with Gasteiger partial charge in [-0.25, -0.2) is 0 Å². The molecule has 0 aliphatic rings. The highest BCUT2D eigenvalue weighted by Gasteiger charge is 2.06. The van der Waals surface area contributed by atoms with E-state index in [0.29, 0.717) is 17.4 Å². The summed E-state index contributed by atoms with van der Waals surface area (Å²) in [5.41, 5.74) is 3.46. The Hall–Kier alpha value is -1.95. The van der Waals surface area contributed by atoms with Crippen LogP contribution >= 0.6 is 0 Å². The van der Waals surface area contributed by atoms with Crippen molar-refractivity contribution in [3.05, 3.63) is 18.3 Å². The number of phenolic OH excluding ortho intramolecular Hbond substituents is 2. The second kappa shape index (κ2) is 3.66. The zero-order valence-corrected chi connectivity index (χ0v) is 7.88. The number of phenols is 2. The van der Waals surface area contributed by atoms with Gasteiger partial charge in [0.1, 0.15) is 0 Å². The number of aliphatic hydroxyl groups is 1. The zero-order chi connectivity index (χ0) is 10.8.